The van der Waals surface area contributed by atoms with Gasteiger partial charge in [0.05, 0.1) is 6.54 Å². The number of hydrogen-bond donors (Lipinski definition) is 2. The van der Waals surface area contributed by atoms with Gasteiger partial charge in [0.2, 0.25) is 5.09 Å². The van der Waals surface area contributed by atoms with Crippen molar-refractivity contribution in [3.8, 4) is 0 Å². The molecule has 0 saturated heterocycles. The average molecular weight is 330 g/mol. The summed E-state index contributed by atoms with van der Waals surface area (Å²) in [5.74, 6) is 0.677. The molecule has 2 aliphatic carbocycles. The van der Waals surface area contributed by atoms with Gasteiger partial charge in [0.15, 0.2) is 0 Å². The summed E-state index contributed by atoms with van der Waals surface area (Å²) in [6, 6.07) is 3.90. The van der Waals surface area contributed by atoms with Gasteiger partial charge in [-0.15, -0.1) is 0 Å². The molecule has 3 rings (SSSR count). The van der Waals surface area contributed by atoms with E-state index in [0.29, 0.717) is 23.6 Å². The first-order valence-corrected chi connectivity index (χ1v) is 10.2. The molecule has 2 atom stereocenters. The SMILES string of the molecule is CSC1CCC(NS(=O)(=O)c2ccc(CNC3CC3)o2)C1. The summed E-state index contributed by atoms with van der Waals surface area (Å²) in [6.45, 7) is 0.595. The van der Waals surface area contributed by atoms with Crippen molar-refractivity contribution in [2.24, 2.45) is 0 Å². The lowest BCUT2D eigenvalue weighted by Crippen LogP contribution is -2.32. The van der Waals surface area contributed by atoms with Crippen LogP contribution in [-0.4, -0.2) is 32.0 Å². The van der Waals surface area contributed by atoms with Crippen molar-refractivity contribution in [3.63, 3.8) is 0 Å². The van der Waals surface area contributed by atoms with E-state index >= 15 is 0 Å². The lowest BCUT2D eigenvalue weighted by molar-refractivity contribution is 0.397. The first-order valence-electron chi connectivity index (χ1n) is 7.44. The summed E-state index contributed by atoms with van der Waals surface area (Å²) < 4.78 is 32.9. The summed E-state index contributed by atoms with van der Waals surface area (Å²) >= 11 is 1.81. The topological polar surface area (TPSA) is 71.3 Å². The van der Waals surface area contributed by atoms with Crippen LogP contribution in [0, 0.1) is 0 Å². The van der Waals surface area contributed by atoms with Crippen LogP contribution in [0.4, 0.5) is 0 Å². The van der Waals surface area contributed by atoms with Gasteiger partial charge in [-0.25, -0.2) is 13.1 Å². The molecule has 2 saturated carbocycles. The molecule has 5 nitrogen and oxygen atoms in total. The third-order valence-corrected chi connectivity index (χ3v) is 6.57. The van der Waals surface area contributed by atoms with Crippen molar-refractivity contribution in [1.82, 2.24) is 10.0 Å². The summed E-state index contributed by atoms with van der Waals surface area (Å²) in [4.78, 5) is 0. The fourth-order valence-corrected chi connectivity index (χ4v) is 4.70. The largest absolute Gasteiger partial charge is 0.447 e. The van der Waals surface area contributed by atoms with E-state index in [4.69, 9.17) is 4.42 Å². The zero-order valence-electron chi connectivity index (χ0n) is 12.2. The molecule has 0 radical (unpaired) electrons. The van der Waals surface area contributed by atoms with Crippen LogP contribution in [0.1, 0.15) is 37.9 Å². The van der Waals surface area contributed by atoms with E-state index in [1.165, 1.54) is 12.8 Å². The Morgan fingerprint density at radius 3 is 2.67 bits per heavy atom. The summed E-state index contributed by atoms with van der Waals surface area (Å²) in [7, 11) is -3.53. The minimum Gasteiger partial charge on any atom is -0.447 e. The molecule has 1 heterocycles. The predicted molar refractivity (Wildman–Crippen MR) is 83.8 cm³/mol. The van der Waals surface area contributed by atoms with Crippen molar-refractivity contribution >= 4 is 21.8 Å². The molecule has 0 bridgehead atoms. The Balaban J connectivity index is 1.58. The Morgan fingerprint density at radius 1 is 1.24 bits per heavy atom. The summed E-state index contributed by atoms with van der Waals surface area (Å²) in [6.07, 6.45) is 7.35. The van der Waals surface area contributed by atoms with E-state index in [9.17, 15) is 8.42 Å². The van der Waals surface area contributed by atoms with Gasteiger partial charge in [-0.3, -0.25) is 0 Å². The van der Waals surface area contributed by atoms with Gasteiger partial charge < -0.3 is 9.73 Å². The minimum absolute atomic E-state index is 0.0303. The normalized spacial score (nSPS) is 26.3. The van der Waals surface area contributed by atoms with Crippen molar-refractivity contribution in [3.05, 3.63) is 17.9 Å². The molecule has 2 fully saturated rings. The van der Waals surface area contributed by atoms with Gasteiger partial charge >= 0.3 is 0 Å². The van der Waals surface area contributed by atoms with Gasteiger partial charge in [-0.2, -0.15) is 11.8 Å². The highest BCUT2D eigenvalue weighted by atomic mass is 32.2. The maximum atomic E-state index is 12.3. The highest BCUT2D eigenvalue weighted by Gasteiger charge is 2.29. The van der Waals surface area contributed by atoms with Crippen LogP contribution in [-0.2, 0) is 16.6 Å². The van der Waals surface area contributed by atoms with Crippen molar-refractivity contribution in [1.29, 1.82) is 0 Å². The molecule has 0 amide bonds. The maximum absolute atomic E-state index is 12.3. The highest BCUT2D eigenvalue weighted by Crippen LogP contribution is 2.29. The van der Waals surface area contributed by atoms with Crippen molar-refractivity contribution in [2.45, 2.75) is 61.1 Å². The van der Waals surface area contributed by atoms with Crippen LogP contribution < -0.4 is 10.0 Å². The molecule has 0 spiro atoms. The minimum atomic E-state index is -3.53. The third-order valence-electron chi connectivity index (χ3n) is 4.08. The lowest BCUT2D eigenvalue weighted by Gasteiger charge is -2.11. The fraction of sp³-hybridized carbons (Fsp3) is 0.714. The number of rotatable bonds is 7. The molecule has 21 heavy (non-hydrogen) atoms. The van der Waals surface area contributed by atoms with Gasteiger partial charge in [0, 0.05) is 17.3 Å². The second kappa shape index (κ2) is 6.32. The number of thioether (sulfide) groups is 1. The molecule has 1 aromatic rings. The van der Waals surface area contributed by atoms with Crippen molar-refractivity contribution in [2.75, 3.05) is 6.26 Å². The molecule has 2 aliphatic rings. The molecule has 7 heteroatoms. The number of furan rings is 1. The van der Waals surface area contributed by atoms with E-state index in [2.05, 4.69) is 16.3 Å². The first-order chi connectivity index (χ1) is 10.1. The Labute approximate surface area is 130 Å². The Kier molecular flexibility index (Phi) is 4.63. The van der Waals surface area contributed by atoms with E-state index in [1.54, 1.807) is 12.1 Å². The summed E-state index contributed by atoms with van der Waals surface area (Å²) in [5.41, 5.74) is 0. The van der Waals surface area contributed by atoms with Crippen molar-refractivity contribution < 1.29 is 12.8 Å². The molecule has 0 aromatic carbocycles. The molecule has 0 aliphatic heterocycles. The van der Waals surface area contributed by atoms with E-state index < -0.39 is 10.0 Å². The average Bonchev–Trinajstić information content (AvgIpc) is 2.98. The van der Waals surface area contributed by atoms with Crippen LogP contribution in [0.15, 0.2) is 21.6 Å². The molecule has 1 aromatic heterocycles. The predicted octanol–water partition coefficient (Wildman–Crippen LogP) is 2.09. The zero-order valence-corrected chi connectivity index (χ0v) is 13.8. The van der Waals surface area contributed by atoms with Crippen LogP contribution in [0.2, 0.25) is 0 Å². The van der Waals surface area contributed by atoms with Gasteiger partial charge in [0.1, 0.15) is 5.76 Å². The maximum Gasteiger partial charge on any atom is 0.274 e. The van der Waals surface area contributed by atoms with Crippen LogP contribution in [0.25, 0.3) is 0 Å². The molecular formula is C14H22N2O3S2. The van der Waals surface area contributed by atoms with Crippen LogP contribution >= 0.6 is 11.8 Å². The number of hydrogen-bond acceptors (Lipinski definition) is 5. The second-order valence-electron chi connectivity index (χ2n) is 5.86. The van der Waals surface area contributed by atoms with Gasteiger partial charge in [0.25, 0.3) is 10.0 Å². The van der Waals surface area contributed by atoms with Crippen LogP contribution in [0.3, 0.4) is 0 Å². The molecular weight excluding hydrogens is 308 g/mol. The van der Waals surface area contributed by atoms with E-state index in [0.717, 1.165) is 19.3 Å². The quantitative estimate of drug-likeness (QED) is 0.801. The van der Waals surface area contributed by atoms with E-state index in [1.807, 2.05) is 11.8 Å². The molecule has 2 unspecified atom stereocenters. The van der Waals surface area contributed by atoms with Crippen LogP contribution in [0.5, 0.6) is 0 Å². The van der Waals surface area contributed by atoms with Gasteiger partial charge in [-0.1, -0.05) is 0 Å². The summed E-state index contributed by atoms with van der Waals surface area (Å²) in [5, 5.41) is 3.91. The first kappa shape index (κ1) is 15.4. The lowest BCUT2D eigenvalue weighted by atomic mass is 10.3. The third kappa shape index (κ3) is 4.03. The Morgan fingerprint density at radius 2 is 2.00 bits per heavy atom. The standard InChI is InChI=1S/C14H22N2O3S2/c1-20-13-6-4-11(8-13)16-21(17,18)14-7-5-12(19-14)9-15-10-2-3-10/h5,7,10-11,13,15-16H,2-4,6,8-9H2,1H3. The Bertz CT molecular complexity index is 581. The monoisotopic (exact) mass is 330 g/mol. The molecule has 118 valence electrons. The molecule has 2 N–H and O–H groups in total. The Hall–Kier alpha value is -0.500. The fourth-order valence-electron chi connectivity index (χ4n) is 2.67. The second-order valence-corrected chi connectivity index (χ2v) is 8.65. The zero-order chi connectivity index (χ0) is 14.9. The van der Waals surface area contributed by atoms with Gasteiger partial charge in [-0.05, 0) is 50.5 Å². The number of sulfonamides is 1. The smallest absolute Gasteiger partial charge is 0.274 e. The van der Waals surface area contributed by atoms with E-state index in [-0.39, 0.29) is 11.1 Å². The highest BCUT2D eigenvalue weighted by molar-refractivity contribution is 7.99. The number of nitrogens with one attached hydrogen (secondary N) is 2.